The number of fused-ring (bicyclic) bond motifs is 3. The fraction of sp³-hybridized carbons (Fsp3) is 0.167. The summed E-state index contributed by atoms with van der Waals surface area (Å²) in [5, 5.41) is 6.55. The maximum Gasteiger partial charge on any atom is 0.379 e. The van der Waals surface area contributed by atoms with Crippen molar-refractivity contribution in [2.75, 3.05) is 14.2 Å². The Hall–Kier alpha value is -1.75. The molecule has 6 nitrogen and oxygen atoms in total. The molecule has 0 bridgehead atoms. The fourth-order valence-electron chi connectivity index (χ4n) is 2.23. The maximum absolute atomic E-state index is 12.5. The first-order valence-corrected chi connectivity index (χ1v) is 7.11. The molecule has 1 N–H and O–H groups in total. The van der Waals surface area contributed by atoms with Gasteiger partial charge in [0.2, 0.25) is 5.78 Å². The van der Waals surface area contributed by atoms with Crippen molar-refractivity contribution in [3.8, 4) is 11.1 Å². The van der Waals surface area contributed by atoms with E-state index in [1.807, 2.05) is 6.07 Å². The third-order valence-corrected chi connectivity index (χ3v) is 4.99. The summed E-state index contributed by atoms with van der Waals surface area (Å²) in [6.07, 6.45) is 0. The zero-order valence-electron chi connectivity index (χ0n) is 10.3. The van der Waals surface area contributed by atoms with Gasteiger partial charge in [0.25, 0.3) is 0 Å². The van der Waals surface area contributed by atoms with E-state index >= 15 is 0 Å². The van der Waals surface area contributed by atoms with E-state index < -0.39 is 7.60 Å². The number of nitrogens with zero attached hydrogens (tertiary/aromatic N) is 1. The summed E-state index contributed by atoms with van der Waals surface area (Å²) in [5.41, 5.74) is 2.22. The van der Waals surface area contributed by atoms with Crippen molar-refractivity contribution in [3.63, 3.8) is 0 Å². The normalized spacial score (nSPS) is 13.5. The molecule has 0 unspecified atom stereocenters. The summed E-state index contributed by atoms with van der Waals surface area (Å²) in [6.45, 7) is 0. The summed E-state index contributed by atoms with van der Waals surface area (Å²) < 4.78 is 22.4. The first-order chi connectivity index (χ1) is 9.12. The maximum atomic E-state index is 12.5. The second kappa shape index (κ2) is 4.13. The van der Waals surface area contributed by atoms with Crippen LogP contribution in [-0.2, 0) is 13.6 Å². The number of carbonyl (C=O) groups excluding carboxylic acids is 1. The molecule has 1 aromatic heterocycles. The van der Waals surface area contributed by atoms with Crippen molar-refractivity contribution in [1.29, 1.82) is 0 Å². The minimum absolute atomic E-state index is 0.188. The quantitative estimate of drug-likeness (QED) is 0.738. The van der Waals surface area contributed by atoms with Gasteiger partial charge in [-0.05, 0) is 5.56 Å². The zero-order valence-corrected chi connectivity index (χ0v) is 11.2. The summed E-state index contributed by atoms with van der Waals surface area (Å²) >= 11 is 0. The van der Waals surface area contributed by atoms with Crippen LogP contribution in [0.5, 0.6) is 0 Å². The van der Waals surface area contributed by atoms with Crippen LogP contribution in [0.2, 0.25) is 0 Å². The lowest BCUT2D eigenvalue weighted by atomic mass is 10.1. The third-order valence-electron chi connectivity index (χ3n) is 3.16. The highest BCUT2D eigenvalue weighted by atomic mass is 31.2. The molecule has 7 heteroatoms. The van der Waals surface area contributed by atoms with Gasteiger partial charge in [0.15, 0.2) is 5.44 Å². The molecular formula is C12H11N2O4P. The fourth-order valence-corrected chi connectivity index (χ4v) is 3.42. The molecule has 1 aliphatic rings. The molecule has 0 saturated carbocycles. The van der Waals surface area contributed by atoms with Gasteiger partial charge in [-0.3, -0.25) is 14.5 Å². The van der Waals surface area contributed by atoms with Crippen LogP contribution in [-0.4, -0.2) is 30.2 Å². The Labute approximate surface area is 109 Å². The van der Waals surface area contributed by atoms with E-state index in [2.05, 4.69) is 10.2 Å². The van der Waals surface area contributed by atoms with Crippen LogP contribution in [0.3, 0.4) is 0 Å². The van der Waals surface area contributed by atoms with Crippen LogP contribution in [0.1, 0.15) is 16.1 Å². The lowest BCUT2D eigenvalue weighted by Crippen LogP contribution is -2.11. The molecule has 2 aromatic rings. The van der Waals surface area contributed by atoms with Crippen molar-refractivity contribution < 1.29 is 18.4 Å². The lowest BCUT2D eigenvalue weighted by Gasteiger charge is -2.12. The summed E-state index contributed by atoms with van der Waals surface area (Å²) in [7, 11) is -0.895. The van der Waals surface area contributed by atoms with E-state index in [1.54, 1.807) is 18.2 Å². The van der Waals surface area contributed by atoms with E-state index in [9.17, 15) is 9.36 Å². The third kappa shape index (κ3) is 1.54. The standard InChI is InChI=1S/C12H11N2O4P/c1-17-19(16,18-2)12-9-7-5-3-4-6-8(7)11(15)10(9)13-14-12/h3-6H,1-2H3,(H,13,14). The van der Waals surface area contributed by atoms with E-state index in [-0.39, 0.29) is 16.9 Å². The number of rotatable bonds is 3. The Bertz CT molecular complexity index is 714. The first kappa shape index (κ1) is 12.3. The SMILES string of the molecule is COP(=O)(OC)c1[nH]nc2c1-c1ccccc1C2=O. The molecule has 1 aliphatic carbocycles. The Balaban J connectivity index is 2.30. The minimum Gasteiger partial charge on any atom is -0.308 e. The van der Waals surface area contributed by atoms with Gasteiger partial charge in [0, 0.05) is 25.3 Å². The van der Waals surface area contributed by atoms with E-state index in [4.69, 9.17) is 9.05 Å². The molecule has 0 amide bonds. The largest absolute Gasteiger partial charge is 0.379 e. The van der Waals surface area contributed by atoms with Crippen molar-refractivity contribution in [3.05, 3.63) is 35.5 Å². The van der Waals surface area contributed by atoms with Crippen LogP contribution in [0.4, 0.5) is 0 Å². The average molecular weight is 278 g/mol. The van der Waals surface area contributed by atoms with Gasteiger partial charge in [0.05, 0.1) is 0 Å². The van der Waals surface area contributed by atoms with Crippen molar-refractivity contribution in [1.82, 2.24) is 10.2 Å². The molecule has 0 spiro atoms. The predicted octanol–water partition coefficient (Wildman–Crippen LogP) is 1.73. The predicted molar refractivity (Wildman–Crippen MR) is 68.7 cm³/mol. The topological polar surface area (TPSA) is 81.3 Å². The highest BCUT2D eigenvalue weighted by molar-refractivity contribution is 7.62. The number of aromatic nitrogens is 2. The highest BCUT2D eigenvalue weighted by Crippen LogP contribution is 2.49. The van der Waals surface area contributed by atoms with Crippen molar-refractivity contribution in [2.45, 2.75) is 0 Å². The number of aromatic amines is 1. The molecule has 19 heavy (non-hydrogen) atoms. The van der Waals surface area contributed by atoms with Gasteiger partial charge in [-0.2, -0.15) is 5.10 Å². The summed E-state index contributed by atoms with van der Waals surface area (Å²) in [4.78, 5) is 12.2. The van der Waals surface area contributed by atoms with Crippen LogP contribution in [0.25, 0.3) is 11.1 Å². The molecule has 98 valence electrons. The van der Waals surface area contributed by atoms with Gasteiger partial charge >= 0.3 is 7.60 Å². The average Bonchev–Trinajstić information content (AvgIpc) is 3.00. The molecule has 0 atom stereocenters. The van der Waals surface area contributed by atoms with Gasteiger partial charge < -0.3 is 9.05 Å². The number of benzene rings is 1. The van der Waals surface area contributed by atoms with Gasteiger partial charge in [-0.1, -0.05) is 24.3 Å². The number of carbonyl (C=O) groups is 1. The van der Waals surface area contributed by atoms with E-state index in [1.165, 1.54) is 14.2 Å². The molecule has 1 heterocycles. The van der Waals surface area contributed by atoms with Gasteiger partial charge in [-0.15, -0.1) is 0 Å². The number of hydrogen-bond acceptors (Lipinski definition) is 5. The smallest absolute Gasteiger partial charge is 0.308 e. The Morgan fingerprint density at radius 3 is 2.42 bits per heavy atom. The number of nitrogens with one attached hydrogen (secondary N) is 1. The van der Waals surface area contributed by atoms with Gasteiger partial charge in [-0.25, -0.2) is 0 Å². The Morgan fingerprint density at radius 1 is 1.16 bits per heavy atom. The Kier molecular flexibility index (Phi) is 2.67. The number of ketones is 1. The number of H-pyrrole nitrogens is 1. The lowest BCUT2D eigenvalue weighted by molar-refractivity contribution is 0.103. The zero-order chi connectivity index (χ0) is 13.6. The molecule has 1 aromatic carbocycles. The van der Waals surface area contributed by atoms with Crippen molar-refractivity contribution in [2.24, 2.45) is 0 Å². The molecule has 3 rings (SSSR count). The highest BCUT2D eigenvalue weighted by Gasteiger charge is 2.39. The first-order valence-electron chi connectivity index (χ1n) is 5.57. The number of hydrogen-bond donors (Lipinski definition) is 1. The monoisotopic (exact) mass is 278 g/mol. The van der Waals surface area contributed by atoms with E-state index in [0.29, 0.717) is 16.7 Å². The van der Waals surface area contributed by atoms with Crippen LogP contribution in [0.15, 0.2) is 24.3 Å². The van der Waals surface area contributed by atoms with Crippen LogP contribution < -0.4 is 5.44 Å². The van der Waals surface area contributed by atoms with Crippen LogP contribution >= 0.6 is 7.60 Å². The molecule has 0 saturated heterocycles. The van der Waals surface area contributed by atoms with E-state index in [0.717, 1.165) is 0 Å². The molecule has 0 radical (unpaired) electrons. The van der Waals surface area contributed by atoms with Gasteiger partial charge in [0.1, 0.15) is 5.69 Å². The minimum atomic E-state index is -3.48. The van der Waals surface area contributed by atoms with Crippen LogP contribution in [0, 0.1) is 0 Å². The van der Waals surface area contributed by atoms with Crippen molar-refractivity contribution >= 4 is 18.8 Å². The summed E-state index contributed by atoms with van der Waals surface area (Å²) in [6, 6.07) is 7.09. The molecule has 0 aliphatic heterocycles. The Morgan fingerprint density at radius 2 is 1.79 bits per heavy atom. The molecular weight excluding hydrogens is 267 g/mol. The second-order valence-corrected chi connectivity index (χ2v) is 6.21. The molecule has 0 fully saturated rings. The summed E-state index contributed by atoms with van der Waals surface area (Å²) in [5.74, 6) is -0.188. The second-order valence-electron chi connectivity index (χ2n) is 4.03.